The van der Waals surface area contributed by atoms with Crippen LogP contribution in [-0.2, 0) is 5.41 Å². The number of benzene rings is 4. The highest BCUT2D eigenvalue weighted by atomic mass is 14.6. The molecule has 1 nitrogen and oxygen atoms in total. The smallest absolute Gasteiger partial charge is 0.0708 e. The third-order valence-corrected chi connectivity index (χ3v) is 6.84. The Morgan fingerprint density at radius 3 is 2.27 bits per heavy atom. The number of fused-ring (bicyclic) bond motifs is 5. The van der Waals surface area contributed by atoms with Crippen molar-refractivity contribution in [3.63, 3.8) is 0 Å². The number of rotatable bonds is 1. The number of hydrogen-bond donors (Lipinski definition) is 0. The lowest BCUT2D eigenvalue weighted by Gasteiger charge is -2.22. The van der Waals surface area contributed by atoms with Gasteiger partial charge in [-0.15, -0.1) is 0 Å². The van der Waals surface area contributed by atoms with Crippen molar-refractivity contribution in [3.8, 4) is 22.3 Å². The van der Waals surface area contributed by atoms with Crippen molar-refractivity contribution in [1.29, 1.82) is 0 Å². The third kappa shape index (κ3) is 2.39. The Balaban J connectivity index is 1.55. The summed E-state index contributed by atoms with van der Waals surface area (Å²) in [7, 11) is 0. The van der Waals surface area contributed by atoms with Gasteiger partial charge in [0.25, 0.3) is 0 Å². The minimum Gasteiger partial charge on any atom is -0.256 e. The molecule has 0 saturated heterocycles. The molecular weight excluding hydrogens is 362 g/mol. The summed E-state index contributed by atoms with van der Waals surface area (Å²) in [5.41, 5.74) is 10.3. The van der Waals surface area contributed by atoms with Crippen molar-refractivity contribution in [2.24, 2.45) is 0 Å². The molecule has 1 aliphatic rings. The molecular formula is C29H23N. The van der Waals surface area contributed by atoms with Crippen molar-refractivity contribution in [1.82, 2.24) is 4.98 Å². The van der Waals surface area contributed by atoms with Crippen molar-refractivity contribution >= 4 is 21.7 Å². The summed E-state index contributed by atoms with van der Waals surface area (Å²) in [5.74, 6) is 0. The van der Waals surface area contributed by atoms with Gasteiger partial charge in [0.2, 0.25) is 0 Å². The largest absolute Gasteiger partial charge is 0.256 e. The molecule has 0 atom stereocenters. The molecule has 6 rings (SSSR count). The van der Waals surface area contributed by atoms with Crippen LogP contribution >= 0.6 is 0 Å². The topological polar surface area (TPSA) is 12.9 Å². The highest BCUT2D eigenvalue weighted by Gasteiger charge is 2.36. The van der Waals surface area contributed by atoms with Crippen LogP contribution in [0.5, 0.6) is 0 Å². The van der Waals surface area contributed by atoms with Crippen LogP contribution in [0.25, 0.3) is 43.9 Å². The average Bonchev–Trinajstić information content (AvgIpc) is 2.99. The fourth-order valence-corrected chi connectivity index (χ4v) is 5.06. The van der Waals surface area contributed by atoms with Crippen molar-refractivity contribution in [3.05, 3.63) is 102 Å². The quantitative estimate of drug-likeness (QED) is 0.288. The molecule has 0 saturated carbocycles. The second-order valence-corrected chi connectivity index (χ2v) is 8.99. The first-order valence-electron chi connectivity index (χ1n) is 10.6. The van der Waals surface area contributed by atoms with Crippen LogP contribution in [0, 0.1) is 6.92 Å². The maximum atomic E-state index is 4.64. The normalized spacial score (nSPS) is 14.1. The standard InChI is InChI=1S/C29H23N/c1-18-12-13-30-28-17-27-25(16-24(18)28)23-11-10-22(15-26(23)29(27,2)3)21-9-8-19-6-4-5-7-20(19)14-21/h4-17H,1-3H3. The molecule has 0 spiro atoms. The lowest BCUT2D eigenvalue weighted by Crippen LogP contribution is -2.15. The molecule has 0 aliphatic heterocycles. The zero-order valence-corrected chi connectivity index (χ0v) is 17.5. The Bertz CT molecular complexity index is 1470. The Hall–Kier alpha value is -3.45. The minimum atomic E-state index is -0.0445. The highest BCUT2D eigenvalue weighted by Crippen LogP contribution is 2.50. The number of aromatic nitrogens is 1. The Morgan fingerprint density at radius 1 is 0.667 bits per heavy atom. The predicted octanol–water partition coefficient (Wildman–Crippen LogP) is 7.67. The van der Waals surface area contributed by atoms with E-state index in [9.17, 15) is 0 Å². The van der Waals surface area contributed by atoms with Crippen LogP contribution in [0.4, 0.5) is 0 Å². The molecule has 1 aromatic heterocycles. The number of aryl methyl sites for hydroxylation is 1. The van der Waals surface area contributed by atoms with E-state index in [1.165, 1.54) is 55.1 Å². The van der Waals surface area contributed by atoms with Crippen LogP contribution in [0.1, 0.15) is 30.5 Å². The van der Waals surface area contributed by atoms with Crippen molar-refractivity contribution in [2.75, 3.05) is 0 Å². The molecule has 0 unspecified atom stereocenters. The summed E-state index contributed by atoms with van der Waals surface area (Å²) in [4.78, 5) is 4.64. The van der Waals surface area contributed by atoms with Gasteiger partial charge in [-0.05, 0) is 87.0 Å². The first-order chi connectivity index (χ1) is 14.5. The second kappa shape index (κ2) is 6.03. The zero-order chi connectivity index (χ0) is 20.5. The second-order valence-electron chi connectivity index (χ2n) is 8.99. The van der Waals surface area contributed by atoms with E-state index in [-0.39, 0.29) is 5.41 Å². The highest BCUT2D eigenvalue weighted by molar-refractivity contribution is 5.94. The molecule has 0 N–H and O–H groups in total. The minimum absolute atomic E-state index is 0.0445. The molecule has 0 fully saturated rings. The lowest BCUT2D eigenvalue weighted by atomic mass is 9.81. The van der Waals surface area contributed by atoms with Gasteiger partial charge in [-0.1, -0.05) is 62.4 Å². The first kappa shape index (κ1) is 17.4. The van der Waals surface area contributed by atoms with Gasteiger partial charge in [0.1, 0.15) is 0 Å². The number of nitrogens with zero attached hydrogens (tertiary/aromatic N) is 1. The van der Waals surface area contributed by atoms with E-state index in [2.05, 4.69) is 105 Å². The van der Waals surface area contributed by atoms with E-state index in [1.54, 1.807) is 0 Å². The van der Waals surface area contributed by atoms with Crippen LogP contribution in [-0.4, -0.2) is 4.98 Å². The number of pyridine rings is 1. The molecule has 30 heavy (non-hydrogen) atoms. The van der Waals surface area contributed by atoms with Gasteiger partial charge in [-0.25, -0.2) is 0 Å². The van der Waals surface area contributed by atoms with Gasteiger partial charge in [0, 0.05) is 17.0 Å². The van der Waals surface area contributed by atoms with E-state index >= 15 is 0 Å². The monoisotopic (exact) mass is 385 g/mol. The molecule has 0 radical (unpaired) electrons. The Kier molecular flexibility index (Phi) is 3.50. The lowest BCUT2D eigenvalue weighted by molar-refractivity contribution is 0.661. The molecule has 0 amide bonds. The average molecular weight is 386 g/mol. The summed E-state index contributed by atoms with van der Waals surface area (Å²) >= 11 is 0. The summed E-state index contributed by atoms with van der Waals surface area (Å²) in [6, 6.07) is 29.0. The molecule has 0 bridgehead atoms. The van der Waals surface area contributed by atoms with E-state index < -0.39 is 0 Å². The summed E-state index contributed by atoms with van der Waals surface area (Å²) < 4.78 is 0. The molecule has 1 heteroatoms. The molecule has 1 aliphatic carbocycles. The molecule has 144 valence electrons. The SMILES string of the molecule is Cc1ccnc2cc3c(cc12)-c1ccc(-c2ccc4ccccc4c2)cc1C3(C)C. The summed E-state index contributed by atoms with van der Waals surface area (Å²) in [6.07, 6.45) is 1.91. The van der Waals surface area contributed by atoms with Crippen LogP contribution in [0.15, 0.2) is 85.1 Å². The third-order valence-electron chi connectivity index (χ3n) is 6.84. The maximum Gasteiger partial charge on any atom is 0.0708 e. The molecule has 4 aromatic carbocycles. The predicted molar refractivity (Wildman–Crippen MR) is 127 cm³/mol. The van der Waals surface area contributed by atoms with Gasteiger partial charge < -0.3 is 0 Å². The van der Waals surface area contributed by atoms with Crippen LogP contribution in [0.3, 0.4) is 0 Å². The van der Waals surface area contributed by atoms with Crippen LogP contribution in [0.2, 0.25) is 0 Å². The van der Waals surface area contributed by atoms with Gasteiger partial charge in [0.15, 0.2) is 0 Å². The first-order valence-corrected chi connectivity index (χ1v) is 10.6. The van der Waals surface area contributed by atoms with Gasteiger partial charge in [-0.3, -0.25) is 4.98 Å². The van der Waals surface area contributed by atoms with E-state index in [0.29, 0.717) is 0 Å². The van der Waals surface area contributed by atoms with Crippen molar-refractivity contribution < 1.29 is 0 Å². The van der Waals surface area contributed by atoms with E-state index in [4.69, 9.17) is 0 Å². The fraction of sp³-hybridized carbons (Fsp3) is 0.138. The zero-order valence-electron chi connectivity index (χ0n) is 17.5. The van der Waals surface area contributed by atoms with Crippen LogP contribution < -0.4 is 0 Å². The summed E-state index contributed by atoms with van der Waals surface area (Å²) in [5, 5.41) is 3.81. The maximum absolute atomic E-state index is 4.64. The van der Waals surface area contributed by atoms with E-state index in [0.717, 1.165) is 5.52 Å². The van der Waals surface area contributed by atoms with Gasteiger partial charge >= 0.3 is 0 Å². The fourth-order valence-electron chi connectivity index (χ4n) is 5.06. The molecule has 1 heterocycles. The Labute approximate surface area is 177 Å². The van der Waals surface area contributed by atoms with Gasteiger partial charge in [-0.2, -0.15) is 0 Å². The van der Waals surface area contributed by atoms with Crippen molar-refractivity contribution in [2.45, 2.75) is 26.2 Å². The number of hydrogen-bond acceptors (Lipinski definition) is 1. The Morgan fingerprint density at radius 2 is 1.40 bits per heavy atom. The van der Waals surface area contributed by atoms with Gasteiger partial charge in [0.05, 0.1) is 5.52 Å². The summed E-state index contributed by atoms with van der Waals surface area (Å²) in [6.45, 7) is 6.84. The van der Waals surface area contributed by atoms with E-state index in [1.807, 2.05) is 6.20 Å². The molecule has 5 aromatic rings.